The third-order valence-electron chi connectivity index (χ3n) is 3.92. The minimum absolute atomic E-state index is 0.115. The summed E-state index contributed by atoms with van der Waals surface area (Å²) in [4.78, 5) is 14.3. The van der Waals surface area contributed by atoms with Crippen molar-refractivity contribution in [3.05, 3.63) is 35.4 Å². The van der Waals surface area contributed by atoms with Gasteiger partial charge in [-0.2, -0.15) is 0 Å². The molecule has 1 fully saturated rings. The lowest BCUT2D eigenvalue weighted by Crippen LogP contribution is -2.28. The highest BCUT2D eigenvalue weighted by molar-refractivity contribution is 5.70. The zero-order valence-corrected chi connectivity index (χ0v) is 13.0. The van der Waals surface area contributed by atoms with E-state index in [0.29, 0.717) is 19.6 Å². The van der Waals surface area contributed by atoms with Crippen molar-refractivity contribution in [2.45, 2.75) is 38.8 Å². The molecule has 116 valence electrons. The molecule has 21 heavy (non-hydrogen) atoms. The van der Waals surface area contributed by atoms with E-state index in [4.69, 9.17) is 9.47 Å². The molecule has 0 spiro atoms. The van der Waals surface area contributed by atoms with Crippen molar-refractivity contribution in [1.82, 2.24) is 4.90 Å². The Balaban J connectivity index is 2.11. The van der Waals surface area contributed by atoms with E-state index in [-0.39, 0.29) is 12.0 Å². The zero-order chi connectivity index (χ0) is 15.1. The molecule has 2 rings (SSSR count). The molecule has 0 bridgehead atoms. The molecular weight excluding hydrogens is 266 g/mol. The summed E-state index contributed by atoms with van der Waals surface area (Å²) in [6, 6.07) is 8.50. The van der Waals surface area contributed by atoms with Crippen LogP contribution in [0.25, 0.3) is 0 Å². The maximum Gasteiger partial charge on any atom is 0.307 e. The Hall–Kier alpha value is -1.39. The molecule has 0 radical (unpaired) electrons. The third-order valence-corrected chi connectivity index (χ3v) is 3.92. The Morgan fingerprint density at radius 2 is 1.90 bits per heavy atom. The van der Waals surface area contributed by atoms with Crippen molar-refractivity contribution >= 4 is 5.97 Å². The molecule has 1 unspecified atom stereocenters. The largest absolute Gasteiger partial charge is 0.466 e. The van der Waals surface area contributed by atoms with Crippen molar-refractivity contribution in [3.63, 3.8) is 0 Å². The van der Waals surface area contributed by atoms with Gasteiger partial charge in [-0.1, -0.05) is 24.3 Å². The highest BCUT2D eigenvalue weighted by Gasteiger charge is 2.26. The van der Waals surface area contributed by atoms with Gasteiger partial charge in [0.1, 0.15) is 0 Å². The first kappa shape index (κ1) is 16.0. The van der Waals surface area contributed by atoms with Gasteiger partial charge < -0.3 is 9.47 Å². The molecule has 1 aromatic rings. The first-order chi connectivity index (χ1) is 10.2. The molecule has 0 aromatic heterocycles. The summed E-state index contributed by atoms with van der Waals surface area (Å²) in [6.45, 7) is 5.03. The summed E-state index contributed by atoms with van der Waals surface area (Å²) < 4.78 is 10.3. The van der Waals surface area contributed by atoms with E-state index < -0.39 is 0 Å². The third kappa shape index (κ3) is 4.55. The number of rotatable bonds is 7. The van der Waals surface area contributed by atoms with E-state index >= 15 is 0 Å². The van der Waals surface area contributed by atoms with Crippen molar-refractivity contribution in [2.24, 2.45) is 0 Å². The standard InChI is InChI=1S/C17H25NO3/c1-3-21-17(19)12-16(18-10-4-5-11-18)15-8-6-14(7-9-15)13-20-2/h6-9,16H,3-5,10-13H2,1-2H3. The van der Waals surface area contributed by atoms with Gasteiger partial charge in [-0.15, -0.1) is 0 Å². The fraction of sp³-hybridized carbons (Fsp3) is 0.588. The fourth-order valence-electron chi connectivity index (χ4n) is 2.89. The number of methoxy groups -OCH3 is 1. The van der Waals surface area contributed by atoms with Gasteiger partial charge in [0.2, 0.25) is 0 Å². The van der Waals surface area contributed by atoms with Crippen LogP contribution >= 0.6 is 0 Å². The van der Waals surface area contributed by atoms with E-state index in [1.54, 1.807) is 7.11 Å². The lowest BCUT2D eigenvalue weighted by atomic mass is 10.0. The maximum atomic E-state index is 11.9. The molecule has 1 aliphatic rings. The van der Waals surface area contributed by atoms with Crippen LogP contribution in [0.1, 0.15) is 43.4 Å². The first-order valence-corrected chi connectivity index (χ1v) is 7.72. The van der Waals surface area contributed by atoms with Gasteiger partial charge in [0.05, 0.1) is 19.6 Å². The molecule has 1 saturated heterocycles. The van der Waals surface area contributed by atoms with Crippen LogP contribution < -0.4 is 0 Å². The van der Waals surface area contributed by atoms with Gasteiger partial charge in [0.25, 0.3) is 0 Å². The van der Waals surface area contributed by atoms with E-state index in [0.717, 1.165) is 18.7 Å². The summed E-state index contributed by atoms with van der Waals surface area (Å²) >= 11 is 0. The van der Waals surface area contributed by atoms with Gasteiger partial charge in [0, 0.05) is 13.2 Å². The van der Waals surface area contributed by atoms with E-state index in [2.05, 4.69) is 29.2 Å². The molecule has 0 aliphatic carbocycles. The van der Waals surface area contributed by atoms with Gasteiger partial charge >= 0.3 is 5.97 Å². The molecule has 4 heteroatoms. The number of carbonyl (C=O) groups excluding carboxylic acids is 1. The van der Waals surface area contributed by atoms with Crippen LogP contribution in [-0.4, -0.2) is 37.7 Å². The monoisotopic (exact) mass is 291 g/mol. The highest BCUT2D eigenvalue weighted by Crippen LogP contribution is 2.28. The van der Waals surface area contributed by atoms with Gasteiger partial charge in [-0.05, 0) is 44.0 Å². The minimum atomic E-state index is -0.115. The van der Waals surface area contributed by atoms with Crippen LogP contribution in [0.5, 0.6) is 0 Å². The van der Waals surface area contributed by atoms with Crippen LogP contribution in [0, 0.1) is 0 Å². The van der Waals surface area contributed by atoms with E-state index in [1.807, 2.05) is 6.92 Å². The molecule has 1 aromatic carbocycles. The number of nitrogens with zero attached hydrogens (tertiary/aromatic N) is 1. The Morgan fingerprint density at radius 1 is 1.24 bits per heavy atom. The second kappa shape index (κ2) is 8.15. The topological polar surface area (TPSA) is 38.8 Å². The summed E-state index contributed by atoms with van der Waals surface area (Å²) in [5, 5.41) is 0. The molecule has 4 nitrogen and oxygen atoms in total. The maximum absolute atomic E-state index is 11.9. The Bertz CT molecular complexity index is 438. The van der Waals surface area contributed by atoms with Crippen molar-refractivity contribution in [2.75, 3.05) is 26.8 Å². The Labute approximate surface area is 127 Å². The van der Waals surface area contributed by atoms with Gasteiger partial charge in [-0.25, -0.2) is 0 Å². The average Bonchev–Trinajstić information content (AvgIpc) is 3.00. The second-order valence-corrected chi connectivity index (χ2v) is 5.44. The van der Waals surface area contributed by atoms with Crippen molar-refractivity contribution in [1.29, 1.82) is 0 Å². The number of carbonyl (C=O) groups is 1. The van der Waals surface area contributed by atoms with Gasteiger partial charge in [-0.3, -0.25) is 9.69 Å². The normalized spacial score (nSPS) is 16.9. The van der Waals surface area contributed by atoms with Crippen LogP contribution in [0.3, 0.4) is 0 Å². The van der Waals surface area contributed by atoms with Crippen molar-refractivity contribution < 1.29 is 14.3 Å². The van der Waals surface area contributed by atoms with Crippen molar-refractivity contribution in [3.8, 4) is 0 Å². The fourth-order valence-corrected chi connectivity index (χ4v) is 2.89. The molecule has 1 heterocycles. The van der Waals surface area contributed by atoms with Crippen LogP contribution in [0.15, 0.2) is 24.3 Å². The molecular formula is C17H25NO3. The number of hydrogen-bond donors (Lipinski definition) is 0. The second-order valence-electron chi connectivity index (χ2n) is 5.44. The molecule has 0 saturated carbocycles. The zero-order valence-electron chi connectivity index (χ0n) is 13.0. The van der Waals surface area contributed by atoms with Crippen LogP contribution in [0.2, 0.25) is 0 Å². The number of benzene rings is 1. The van der Waals surface area contributed by atoms with E-state index in [1.165, 1.54) is 18.4 Å². The summed E-state index contributed by atoms with van der Waals surface area (Å²) in [7, 11) is 1.70. The molecule has 1 atom stereocenters. The highest BCUT2D eigenvalue weighted by atomic mass is 16.5. The van der Waals surface area contributed by atoms with Crippen LogP contribution in [-0.2, 0) is 20.9 Å². The molecule has 0 N–H and O–H groups in total. The number of likely N-dealkylation sites (tertiary alicyclic amines) is 1. The molecule has 1 aliphatic heterocycles. The SMILES string of the molecule is CCOC(=O)CC(c1ccc(COC)cc1)N1CCCC1. The minimum Gasteiger partial charge on any atom is -0.466 e. The summed E-state index contributed by atoms with van der Waals surface area (Å²) in [6.07, 6.45) is 2.85. The van der Waals surface area contributed by atoms with E-state index in [9.17, 15) is 4.79 Å². The first-order valence-electron chi connectivity index (χ1n) is 7.72. The average molecular weight is 291 g/mol. The Morgan fingerprint density at radius 3 is 2.48 bits per heavy atom. The molecule has 0 amide bonds. The number of ether oxygens (including phenoxy) is 2. The lowest BCUT2D eigenvalue weighted by molar-refractivity contribution is -0.144. The Kier molecular flexibility index (Phi) is 6.21. The quantitative estimate of drug-likeness (QED) is 0.724. The smallest absolute Gasteiger partial charge is 0.307 e. The summed E-state index contributed by atoms with van der Waals surface area (Å²) in [5.41, 5.74) is 2.34. The summed E-state index contributed by atoms with van der Waals surface area (Å²) in [5.74, 6) is -0.115. The van der Waals surface area contributed by atoms with Crippen LogP contribution in [0.4, 0.5) is 0 Å². The predicted octanol–water partition coefficient (Wildman–Crippen LogP) is 2.92. The lowest BCUT2D eigenvalue weighted by Gasteiger charge is -2.27. The van der Waals surface area contributed by atoms with Gasteiger partial charge in [0.15, 0.2) is 0 Å². The number of esters is 1. The number of hydrogen-bond acceptors (Lipinski definition) is 4. The predicted molar refractivity (Wildman–Crippen MR) is 82.0 cm³/mol.